The number of hydrogen-bond acceptors (Lipinski definition) is 1. The van der Waals surface area contributed by atoms with Crippen LogP contribution in [0.3, 0.4) is 0 Å². The zero-order valence-corrected chi connectivity index (χ0v) is 11.9. The molecular weight excluding hydrogens is 249 g/mol. The first-order valence-corrected chi connectivity index (χ1v) is 7.06. The van der Waals surface area contributed by atoms with Gasteiger partial charge >= 0.3 is 0 Å². The number of halogens is 2. The standard InChI is InChI=1S/C15H21ClFN/c1-11(2)18-10-15(6-3-7-15)9-12-4-5-13(17)8-14(12)16/h4-5,8,11,18H,3,6-7,9-10H2,1-2H3. The van der Waals surface area contributed by atoms with E-state index in [-0.39, 0.29) is 5.82 Å². The Bertz CT molecular complexity index is 413. The molecule has 1 nitrogen and oxygen atoms in total. The van der Waals surface area contributed by atoms with Crippen molar-refractivity contribution in [3.63, 3.8) is 0 Å². The average molecular weight is 270 g/mol. The molecule has 0 amide bonds. The van der Waals surface area contributed by atoms with Crippen LogP contribution in [0.2, 0.25) is 5.02 Å². The predicted octanol–water partition coefficient (Wildman–Crippen LogP) is 4.19. The van der Waals surface area contributed by atoms with Crippen molar-refractivity contribution in [1.82, 2.24) is 5.32 Å². The van der Waals surface area contributed by atoms with Gasteiger partial charge in [0.2, 0.25) is 0 Å². The van der Waals surface area contributed by atoms with Gasteiger partial charge in [-0.1, -0.05) is 37.9 Å². The fourth-order valence-corrected chi connectivity index (χ4v) is 2.82. The first kappa shape index (κ1) is 13.8. The molecule has 1 aromatic rings. The Morgan fingerprint density at radius 1 is 1.39 bits per heavy atom. The molecule has 18 heavy (non-hydrogen) atoms. The SMILES string of the molecule is CC(C)NCC1(Cc2ccc(F)cc2Cl)CCC1. The maximum Gasteiger partial charge on any atom is 0.124 e. The quantitative estimate of drug-likeness (QED) is 0.845. The van der Waals surface area contributed by atoms with E-state index in [4.69, 9.17) is 11.6 Å². The monoisotopic (exact) mass is 269 g/mol. The van der Waals surface area contributed by atoms with Crippen molar-refractivity contribution < 1.29 is 4.39 Å². The van der Waals surface area contributed by atoms with Crippen molar-refractivity contribution in [2.24, 2.45) is 5.41 Å². The summed E-state index contributed by atoms with van der Waals surface area (Å²) >= 11 is 6.12. The molecule has 1 N–H and O–H groups in total. The van der Waals surface area contributed by atoms with Gasteiger partial charge in [-0.2, -0.15) is 0 Å². The van der Waals surface area contributed by atoms with E-state index in [9.17, 15) is 4.39 Å². The summed E-state index contributed by atoms with van der Waals surface area (Å²) in [7, 11) is 0. The van der Waals surface area contributed by atoms with Crippen molar-refractivity contribution in [2.75, 3.05) is 6.54 Å². The summed E-state index contributed by atoms with van der Waals surface area (Å²) < 4.78 is 13.0. The molecule has 1 aliphatic rings. The number of rotatable bonds is 5. The summed E-state index contributed by atoms with van der Waals surface area (Å²) in [6.45, 7) is 5.35. The van der Waals surface area contributed by atoms with E-state index in [2.05, 4.69) is 19.2 Å². The molecule has 0 spiro atoms. The van der Waals surface area contributed by atoms with Crippen LogP contribution in [0.4, 0.5) is 4.39 Å². The van der Waals surface area contributed by atoms with Crippen LogP contribution < -0.4 is 5.32 Å². The molecule has 0 unspecified atom stereocenters. The lowest BCUT2D eigenvalue weighted by Crippen LogP contribution is -2.43. The second kappa shape index (κ2) is 5.58. The average Bonchev–Trinajstić information content (AvgIpc) is 2.24. The van der Waals surface area contributed by atoms with Crippen molar-refractivity contribution in [3.05, 3.63) is 34.6 Å². The van der Waals surface area contributed by atoms with E-state index in [0.717, 1.165) is 18.5 Å². The normalized spacial score (nSPS) is 17.8. The lowest BCUT2D eigenvalue weighted by molar-refractivity contribution is 0.127. The number of nitrogens with one attached hydrogen (secondary N) is 1. The van der Waals surface area contributed by atoms with Crippen LogP contribution in [0, 0.1) is 11.2 Å². The number of hydrogen-bond donors (Lipinski definition) is 1. The molecule has 0 bridgehead atoms. The van der Waals surface area contributed by atoms with Gasteiger partial charge in [-0.3, -0.25) is 0 Å². The van der Waals surface area contributed by atoms with Gasteiger partial charge in [0, 0.05) is 17.6 Å². The van der Waals surface area contributed by atoms with E-state index in [0.29, 0.717) is 16.5 Å². The molecule has 1 aromatic carbocycles. The zero-order valence-electron chi connectivity index (χ0n) is 11.1. The van der Waals surface area contributed by atoms with Crippen LogP contribution in [0.5, 0.6) is 0 Å². The third-order valence-electron chi connectivity index (χ3n) is 3.88. The van der Waals surface area contributed by atoms with Crippen LogP contribution in [-0.2, 0) is 6.42 Å². The molecule has 3 heteroatoms. The highest BCUT2D eigenvalue weighted by atomic mass is 35.5. The third-order valence-corrected chi connectivity index (χ3v) is 4.23. The Balaban J connectivity index is 2.05. The summed E-state index contributed by atoms with van der Waals surface area (Å²) in [5, 5.41) is 4.08. The second-order valence-corrected chi connectivity index (χ2v) is 6.21. The molecule has 2 rings (SSSR count). The Morgan fingerprint density at radius 3 is 2.61 bits per heavy atom. The van der Waals surface area contributed by atoms with Gasteiger partial charge < -0.3 is 5.32 Å². The van der Waals surface area contributed by atoms with Gasteiger partial charge in [-0.15, -0.1) is 0 Å². The van der Waals surface area contributed by atoms with E-state index < -0.39 is 0 Å². The molecule has 0 atom stereocenters. The molecule has 1 aliphatic carbocycles. The maximum atomic E-state index is 13.0. The molecule has 0 radical (unpaired) electrons. The van der Waals surface area contributed by atoms with Crippen molar-refractivity contribution in [3.8, 4) is 0 Å². The lowest BCUT2D eigenvalue weighted by Gasteiger charge is -2.43. The fraction of sp³-hybridized carbons (Fsp3) is 0.600. The summed E-state index contributed by atoms with van der Waals surface area (Å²) in [6.07, 6.45) is 4.71. The summed E-state index contributed by atoms with van der Waals surface area (Å²) in [5.74, 6) is -0.258. The summed E-state index contributed by atoms with van der Waals surface area (Å²) in [4.78, 5) is 0. The fourth-order valence-electron chi connectivity index (χ4n) is 2.58. The molecule has 0 heterocycles. The van der Waals surface area contributed by atoms with Gasteiger partial charge in [0.15, 0.2) is 0 Å². The molecule has 0 saturated heterocycles. The van der Waals surface area contributed by atoms with Gasteiger partial charge in [0.25, 0.3) is 0 Å². The molecule has 1 fully saturated rings. The van der Waals surface area contributed by atoms with Crippen LogP contribution in [0.25, 0.3) is 0 Å². The minimum Gasteiger partial charge on any atom is -0.314 e. The Labute approximate surface area is 114 Å². The van der Waals surface area contributed by atoms with E-state index in [1.54, 1.807) is 0 Å². The minimum atomic E-state index is -0.258. The van der Waals surface area contributed by atoms with E-state index in [1.165, 1.54) is 31.4 Å². The van der Waals surface area contributed by atoms with Crippen LogP contribution in [0.1, 0.15) is 38.7 Å². The Kier molecular flexibility index (Phi) is 4.29. The summed E-state index contributed by atoms with van der Waals surface area (Å²) in [6, 6.07) is 5.25. The lowest BCUT2D eigenvalue weighted by atomic mass is 9.65. The first-order valence-electron chi connectivity index (χ1n) is 6.68. The second-order valence-electron chi connectivity index (χ2n) is 5.80. The highest BCUT2D eigenvalue weighted by molar-refractivity contribution is 6.31. The van der Waals surface area contributed by atoms with Gasteiger partial charge in [0.05, 0.1) is 0 Å². The highest BCUT2D eigenvalue weighted by Crippen LogP contribution is 2.44. The van der Waals surface area contributed by atoms with E-state index in [1.807, 2.05) is 6.07 Å². The number of benzene rings is 1. The first-order chi connectivity index (χ1) is 8.51. The predicted molar refractivity (Wildman–Crippen MR) is 74.5 cm³/mol. The van der Waals surface area contributed by atoms with Gasteiger partial charge in [-0.25, -0.2) is 4.39 Å². The molecule has 100 valence electrons. The smallest absolute Gasteiger partial charge is 0.124 e. The van der Waals surface area contributed by atoms with Crippen molar-refractivity contribution in [1.29, 1.82) is 0 Å². The maximum absolute atomic E-state index is 13.0. The van der Waals surface area contributed by atoms with Crippen molar-refractivity contribution >= 4 is 11.6 Å². The zero-order chi connectivity index (χ0) is 13.2. The largest absolute Gasteiger partial charge is 0.314 e. The molecule has 0 aromatic heterocycles. The Morgan fingerprint density at radius 2 is 2.11 bits per heavy atom. The van der Waals surface area contributed by atoms with Crippen LogP contribution >= 0.6 is 11.6 Å². The van der Waals surface area contributed by atoms with E-state index >= 15 is 0 Å². The third kappa shape index (κ3) is 3.24. The summed E-state index contributed by atoms with van der Waals surface area (Å²) in [5.41, 5.74) is 1.40. The topological polar surface area (TPSA) is 12.0 Å². The van der Waals surface area contributed by atoms with Gasteiger partial charge in [-0.05, 0) is 42.4 Å². The van der Waals surface area contributed by atoms with Gasteiger partial charge in [0.1, 0.15) is 5.82 Å². The Hall–Kier alpha value is -0.600. The van der Waals surface area contributed by atoms with Crippen LogP contribution in [0.15, 0.2) is 18.2 Å². The van der Waals surface area contributed by atoms with Crippen molar-refractivity contribution in [2.45, 2.75) is 45.6 Å². The molecule has 1 saturated carbocycles. The molecule has 0 aliphatic heterocycles. The minimum absolute atomic E-state index is 0.258. The van der Waals surface area contributed by atoms with Crippen LogP contribution in [-0.4, -0.2) is 12.6 Å². The molecular formula is C15H21ClFN. The highest BCUT2D eigenvalue weighted by Gasteiger charge is 2.37.